The van der Waals surface area contributed by atoms with Gasteiger partial charge in [0.25, 0.3) is 0 Å². The minimum Gasteiger partial charge on any atom is -0.491 e. The molecule has 0 radical (unpaired) electrons. The minimum atomic E-state index is -0.416. The summed E-state index contributed by atoms with van der Waals surface area (Å²) in [6.45, 7) is 2.45. The lowest BCUT2D eigenvalue weighted by atomic mass is 9.72. The highest BCUT2D eigenvalue weighted by molar-refractivity contribution is 7.13. The largest absolute Gasteiger partial charge is 0.491 e. The van der Waals surface area contributed by atoms with Crippen molar-refractivity contribution in [3.63, 3.8) is 0 Å². The first-order valence-electron chi connectivity index (χ1n) is 13.5. The molecule has 1 aromatic heterocycles. The molecule has 37 heavy (non-hydrogen) atoms. The Kier molecular flexibility index (Phi) is 8.08. The number of aromatic nitrogens is 1. The Morgan fingerprint density at radius 2 is 1.92 bits per heavy atom. The molecule has 2 fully saturated rings. The van der Waals surface area contributed by atoms with Crippen molar-refractivity contribution >= 4 is 34.2 Å². The molecule has 1 aromatic carbocycles. The topological polar surface area (TPSA) is 91.8 Å². The van der Waals surface area contributed by atoms with Gasteiger partial charge >= 0.3 is 0 Å². The van der Waals surface area contributed by atoms with Crippen molar-refractivity contribution in [2.75, 3.05) is 31.6 Å². The van der Waals surface area contributed by atoms with Gasteiger partial charge in [-0.15, -0.1) is 11.3 Å². The maximum Gasteiger partial charge on any atom is 0.229 e. The molecule has 1 spiro atoms. The number of benzene rings is 1. The van der Waals surface area contributed by atoms with Crippen molar-refractivity contribution in [3.05, 3.63) is 41.4 Å². The molecule has 2 saturated heterocycles. The molecule has 3 aliphatic heterocycles. The molecule has 1 atom stereocenters. The van der Waals surface area contributed by atoms with E-state index in [1.807, 2.05) is 17.0 Å². The Morgan fingerprint density at radius 3 is 2.73 bits per heavy atom. The number of piperidine rings is 1. The molecule has 2 aromatic rings. The number of hydrogen-bond acceptors (Lipinski definition) is 6. The fourth-order valence-electron chi connectivity index (χ4n) is 6.00. The Bertz CT molecular complexity index is 1100. The summed E-state index contributed by atoms with van der Waals surface area (Å²) in [5, 5.41) is 5.08. The van der Waals surface area contributed by atoms with Crippen LogP contribution in [-0.2, 0) is 20.8 Å². The summed E-state index contributed by atoms with van der Waals surface area (Å²) >= 11 is 1.36. The molecule has 3 aliphatic rings. The van der Waals surface area contributed by atoms with E-state index in [9.17, 15) is 14.4 Å². The number of carbonyl (C=O) groups is 3. The molecule has 198 valence electrons. The zero-order chi connectivity index (χ0) is 25.7. The third-order valence-electron chi connectivity index (χ3n) is 8.16. The van der Waals surface area contributed by atoms with E-state index in [-0.39, 0.29) is 36.6 Å². The predicted octanol–water partition coefficient (Wildman–Crippen LogP) is 4.27. The van der Waals surface area contributed by atoms with E-state index >= 15 is 0 Å². The van der Waals surface area contributed by atoms with E-state index in [0.717, 1.165) is 50.8 Å². The Morgan fingerprint density at radius 1 is 1.08 bits per heavy atom. The van der Waals surface area contributed by atoms with Crippen molar-refractivity contribution in [2.24, 2.45) is 5.41 Å². The van der Waals surface area contributed by atoms with Gasteiger partial charge in [-0.05, 0) is 56.6 Å². The number of carbonyl (C=O) groups excluding carboxylic acids is 3. The monoisotopic (exact) mass is 524 g/mol. The number of amides is 3. The lowest BCUT2D eigenvalue weighted by Crippen LogP contribution is -2.53. The molecule has 3 amide bonds. The molecular weight excluding hydrogens is 488 g/mol. The zero-order valence-electron chi connectivity index (χ0n) is 21.3. The summed E-state index contributed by atoms with van der Waals surface area (Å²) in [5.41, 5.74) is 0.827. The van der Waals surface area contributed by atoms with Crippen molar-refractivity contribution in [3.8, 4) is 5.75 Å². The summed E-state index contributed by atoms with van der Waals surface area (Å²) < 4.78 is 6.24. The normalized spacial score (nSPS) is 21.8. The van der Waals surface area contributed by atoms with Crippen LogP contribution in [0.15, 0.2) is 35.8 Å². The van der Waals surface area contributed by atoms with Crippen LogP contribution >= 0.6 is 11.3 Å². The number of thiazole rings is 1. The van der Waals surface area contributed by atoms with Gasteiger partial charge in [0, 0.05) is 44.1 Å². The molecule has 1 N–H and O–H groups in total. The molecule has 4 heterocycles. The second-order valence-electron chi connectivity index (χ2n) is 10.5. The van der Waals surface area contributed by atoms with Gasteiger partial charge in [0.2, 0.25) is 17.7 Å². The average Bonchev–Trinajstić information content (AvgIpc) is 3.60. The Labute approximate surface area is 222 Å². The minimum absolute atomic E-state index is 0.0196. The summed E-state index contributed by atoms with van der Waals surface area (Å²) in [4.78, 5) is 47.0. The number of anilines is 1. The highest BCUT2D eigenvalue weighted by Crippen LogP contribution is 2.41. The van der Waals surface area contributed by atoms with Gasteiger partial charge in [0.15, 0.2) is 5.13 Å². The van der Waals surface area contributed by atoms with Gasteiger partial charge < -0.3 is 19.9 Å². The van der Waals surface area contributed by atoms with E-state index in [4.69, 9.17) is 4.74 Å². The van der Waals surface area contributed by atoms with Crippen LogP contribution in [0.5, 0.6) is 5.75 Å². The van der Waals surface area contributed by atoms with Gasteiger partial charge in [-0.25, -0.2) is 4.98 Å². The second kappa shape index (κ2) is 11.6. The van der Waals surface area contributed by atoms with E-state index in [2.05, 4.69) is 27.3 Å². The first kappa shape index (κ1) is 25.7. The summed E-state index contributed by atoms with van der Waals surface area (Å²) in [7, 11) is 0. The first-order chi connectivity index (χ1) is 18.0. The number of nitrogens with one attached hydrogen (secondary N) is 1. The quantitative estimate of drug-likeness (QED) is 0.645. The summed E-state index contributed by atoms with van der Waals surface area (Å²) in [6, 6.07) is 8.37. The Hall–Kier alpha value is -2.94. The van der Waals surface area contributed by atoms with Crippen molar-refractivity contribution in [1.29, 1.82) is 0 Å². The first-order valence-corrected chi connectivity index (χ1v) is 14.4. The van der Waals surface area contributed by atoms with Crippen LogP contribution in [0.4, 0.5) is 5.13 Å². The fraction of sp³-hybridized carbons (Fsp3) is 0.571. The number of rotatable bonds is 4. The van der Waals surface area contributed by atoms with Crippen molar-refractivity contribution < 1.29 is 19.1 Å². The van der Waals surface area contributed by atoms with E-state index < -0.39 is 5.41 Å². The van der Waals surface area contributed by atoms with Crippen LogP contribution in [0.3, 0.4) is 0 Å². The zero-order valence-corrected chi connectivity index (χ0v) is 22.1. The maximum atomic E-state index is 14.0. The van der Waals surface area contributed by atoms with Crippen LogP contribution in [0, 0.1) is 5.41 Å². The van der Waals surface area contributed by atoms with Crippen LogP contribution in [0.25, 0.3) is 0 Å². The van der Waals surface area contributed by atoms with E-state index in [1.54, 1.807) is 11.6 Å². The van der Waals surface area contributed by atoms with Crippen LogP contribution in [-0.4, -0.2) is 64.8 Å². The number of aryl methyl sites for hydroxylation is 1. The average molecular weight is 525 g/mol. The number of nitrogens with zero attached hydrogens (tertiary/aromatic N) is 3. The van der Waals surface area contributed by atoms with E-state index in [0.29, 0.717) is 37.7 Å². The van der Waals surface area contributed by atoms with Gasteiger partial charge in [-0.3, -0.25) is 14.4 Å². The van der Waals surface area contributed by atoms with Gasteiger partial charge in [-0.1, -0.05) is 24.6 Å². The standard InChI is InChI=1S/C28H36N4O4S/c33-24(30-27-29-15-19-37-27)10-11-25(34)31-17-13-28(14-18-31)12-4-3-7-21-6-1-2-9-23(21)36-20-22-8-5-16-32(22)26(28)35/h1-2,6,9,15,19,22H,3-5,7-8,10-14,16-18,20H2,(H,29,30,33)/t22-/m0/s1. The fourth-order valence-corrected chi connectivity index (χ4v) is 6.54. The third kappa shape index (κ3) is 5.98. The maximum absolute atomic E-state index is 14.0. The van der Waals surface area contributed by atoms with E-state index in [1.165, 1.54) is 16.9 Å². The molecule has 0 saturated carbocycles. The van der Waals surface area contributed by atoms with Gasteiger partial charge in [0.05, 0.1) is 11.5 Å². The molecule has 8 nitrogen and oxygen atoms in total. The number of fused-ring (bicyclic) bond motifs is 2. The van der Waals surface area contributed by atoms with Crippen molar-refractivity contribution in [1.82, 2.24) is 14.8 Å². The predicted molar refractivity (Wildman–Crippen MR) is 142 cm³/mol. The number of para-hydroxylation sites is 1. The smallest absolute Gasteiger partial charge is 0.229 e. The van der Waals surface area contributed by atoms with Crippen LogP contribution in [0.2, 0.25) is 0 Å². The van der Waals surface area contributed by atoms with Gasteiger partial charge in [-0.2, -0.15) is 0 Å². The SMILES string of the molecule is O=C(CCC(=O)N1CCC2(CCCCc3ccccc3OC[C@@H]3CCCN3C2=O)CC1)Nc1nccs1. The number of hydrogen-bond donors (Lipinski definition) is 1. The molecule has 0 unspecified atom stereocenters. The number of ether oxygens (including phenoxy) is 1. The Balaban J connectivity index is 1.21. The summed E-state index contributed by atoms with van der Waals surface area (Å²) in [5.74, 6) is 0.982. The highest BCUT2D eigenvalue weighted by Gasteiger charge is 2.46. The second-order valence-corrected chi connectivity index (χ2v) is 11.4. The van der Waals surface area contributed by atoms with Crippen molar-refractivity contribution in [2.45, 2.75) is 70.3 Å². The molecular formula is C28H36N4O4S. The lowest BCUT2D eigenvalue weighted by molar-refractivity contribution is -0.150. The van der Waals surface area contributed by atoms with Gasteiger partial charge in [0.1, 0.15) is 12.4 Å². The number of likely N-dealkylation sites (tertiary alicyclic amines) is 1. The van der Waals surface area contributed by atoms with Crippen LogP contribution < -0.4 is 10.1 Å². The third-order valence-corrected chi connectivity index (χ3v) is 8.85. The summed E-state index contributed by atoms with van der Waals surface area (Å²) in [6.07, 6.45) is 9.07. The lowest BCUT2D eigenvalue weighted by Gasteiger charge is -2.44. The van der Waals surface area contributed by atoms with Crippen LogP contribution in [0.1, 0.15) is 63.4 Å². The molecule has 5 rings (SSSR count). The molecule has 0 aliphatic carbocycles. The molecule has 9 heteroatoms. The molecule has 0 bridgehead atoms. The highest BCUT2D eigenvalue weighted by atomic mass is 32.1.